The lowest BCUT2D eigenvalue weighted by Gasteiger charge is -2.31. The van der Waals surface area contributed by atoms with Crippen LogP contribution in [0.25, 0.3) is 0 Å². The van der Waals surface area contributed by atoms with Gasteiger partial charge in [0.15, 0.2) is 0 Å². The van der Waals surface area contributed by atoms with Crippen LogP contribution >= 0.6 is 0 Å². The molecule has 24 heavy (non-hydrogen) atoms. The summed E-state index contributed by atoms with van der Waals surface area (Å²) < 4.78 is 0. The zero-order valence-corrected chi connectivity index (χ0v) is 15.0. The molecule has 1 aliphatic carbocycles. The topological polar surface area (TPSA) is 49.4 Å². The second kappa shape index (κ2) is 9.45. The van der Waals surface area contributed by atoms with E-state index in [4.69, 9.17) is 0 Å². The molecular weight excluding hydrogens is 300 g/mol. The summed E-state index contributed by atoms with van der Waals surface area (Å²) in [5, 5.41) is 3.15. The van der Waals surface area contributed by atoms with Crippen molar-refractivity contribution in [2.75, 3.05) is 6.54 Å². The molecular formula is C20H30N2O2. The molecule has 0 aromatic heterocycles. The fourth-order valence-corrected chi connectivity index (χ4v) is 3.47. The van der Waals surface area contributed by atoms with Crippen molar-refractivity contribution in [3.63, 3.8) is 0 Å². The molecule has 1 unspecified atom stereocenters. The van der Waals surface area contributed by atoms with E-state index in [1.54, 1.807) is 4.90 Å². The van der Waals surface area contributed by atoms with Crippen LogP contribution in [-0.2, 0) is 16.0 Å². The SMILES string of the molecule is CCC(=O)N(CCc1ccccc1)C(CC)C(=O)NC1CCCC1. The lowest BCUT2D eigenvalue weighted by molar-refractivity contribution is -0.140. The van der Waals surface area contributed by atoms with Crippen molar-refractivity contribution in [2.24, 2.45) is 0 Å². The van der Waals surface area contributed by atoms with Crippen molar-refractivity contribution in [1.82, 2.24) is 10.2 Å². The third-order valence-corrected chi connectivity index (χ3v) is 4.87. The average Bonchev–Trinajstić information content (AvgIpc) is 3.11. The van der Waals surface area contributed by atoms with Gasteiger partial charge >= 0.3 is 0 Å². The highest BCUT2D eigenvalue weighted by atomic mass is 16.2. The largest absolute Gasteiger partial charge is 0.352 e. The first kappa shape index (κ1) is 18.5. The van der Waals surface area contributed by atoms with Crippen LogP contribution in [0, 0.1) is 0 Å². The maximum Gasteiger partial charge on any atom is 0.243 e. The second-order valence-corrected chi connectivity index (χ2v) is 6.59. The van der Waals surface area contributed by atoms with E-state index in [1.807, 2.05) is 32.0 Å². The fraction of sp³-hybridized carbons (Fsp3) is 0.600. The van der Waals surface area contributed by atoms with Crippen LogP contribution in [0.2, 0.25) is 0 Å². The van der Waals surface area contributed by atoms with Gasteiger partial charge < -0.3 is 10.2 Å². The predicted octanol–water partition coefficient (Wildman–Crippen LogP) is 3.31. The first-order valence-corrected chi connectivity index (χ1v) is 9.29. The Kier molecular flexibility index (Phi) is 7.29. The standard InChI is InChI=1S/C20H30N2O2/c1-3-18(20(24)21-17-12-8-9-13-17)22(19(23)4-2)15-14-16-10-6-5-7-11-16/h5-7,10-11,17-18H,3-4,8-9,12-15H2,1-2H3,(H,21,24). The van der Waals surface area contributed by atoms with Gasteiger partial charge in [-0.25, -0.2) is 0 Å². The van der Waals surface area contributed by atoms with Crippen molar-refractivity contribution in [2.45, 2.75) is 70.9 Å². The zero-order chi connectivity index (χ0) is 17.4. The fourth-order valence-electron chi connectivity index (χ4n) is 3.47. The van der Waals surface area contributed by atoms with Gasteiger partial charge in [-0.1, -0.05) is 57.0 Å². The highest BCUT2D eigenvalue weighted by Gasteiger charge is 2.29. The Bertz CT molecular complexity index is 524. The maximum absolute atomic E-state index is 12.7. The highest BCUT2D eigenvalue weighted by molar-refractivity contribution is 5.87. The number of benzene rings is 1. The van der Waals surface area contributed by atoms with Crippen LogP contribution in [0.1, 0.15) is 57.9 Å². The number of rotatable bonds is 8. The van der Waals surface area contributed by atoms with Crippen LogP contribution in [-0.4, -0.2) is 35.3 Å². The average molecular weight is 330 g/mol. The number of carbonyl (C=O) groups excluding carboxylic acids is 2. The van der Waals surface area contributed by atoms with Crippen LogP contribution in [0.4, 0.5) is 0 Å². The van der Waals surface area contributed by atoms with Gasteiger partial charge in [0, 0.05) is 19.0 Å². The minimum atomic E-state index is -0.359. The van der Waals surface area contributed by atoms with E-state index in [2.05, 4.69) is 17.4 Å². The second-order valence-electron chi connectivity index (χ2n) is 6.59. The van der Waals surface area contributed by atoms with Crippen molar-refractivity contribution in [1.29, 1.82) is 0 Å². The minimum Gasteiger partial charge on any atom is -0.352 e. The van der Waals surface area contributed by atoms with Gasteiger partial charge in [0.2, 0.25) is 11.8 Å². The van der Waals surface area contributed by atoms with Crippen LogP contribution in [0.5, 0.6) is 0 Å². The van der Waals surface area contributed by atoms with E-state index in [0.29, 0.717) is 25.4 Å². The Morgan fingerprint density at radius 3 is 2.42 bits per heavy atom. The molecule has 1 atom stereocenters. The zero-order valence-electron chi connectivity index (χ0n) is 15.0. The third-order valence-electron chi connectivity index (χ3n) is 4.87. The molecule has 1 saturated carbocycles. The predicted molar refractivity (Wildman–Crippen MR) is 96.6 cm³/mol. The van der Waals surface area contributed by atoms with Gasteiger partial charge in [0.25, 0.3) is 0 Å². The number of hydrogen-bond donors (Lipinski definition) is 1. The Labute approximate surface area is 145 Å². The summed E-state index contributed by atoms with van der Waals surface area (Å²) in [6, 6.07) is 10.1. The number of nitrogens with zero attached hydrogens (tertiary/aromatic N) is 1. The van der Waals surface area contributed by atoms with Crippen LogP contribution in [0.3, 0.4) is 0 Å². The molecule has 0 aliphatic heterocycles. The van der Waals surface area contributed by atoms with E-state index in [-0.39, 0.29) is 17.9 Å². The lowest BCUT2D eigenvalue weighted by atomic mass is 10.1. The van der Waals surface area contributed by atoms with E-state index in [1.165, 1.54) is 18.4 Å². The molecule has 132 valence electrons. The molecule has 4 heteroatoms. The third kappa shape index (κ3) is 5.08. The molecule has 1 aromatic rings. The normalized spacial score (nSPS) is 15.9. The molecule has 1 aromatic carbocycles. The Morgan fingerprint density at radius 2 is 1.83 bits per heavy atom. The van der Waals surface area contributed by atoms with Crippen LogP contribution in [0.15, 0.2) is 30.3 Å². The summed E-state index contributed by atoms with van der Waals surface area (Å²) in [4.78, 5) is 26.9. The molecule has 0 saturated heterocycles. The van der Waals surface area contributed by atoms with Gasteiger partial charge in [0.1, 0.15) is 6.04 Å². The molecule has 4 nitrogen and oxygen atoms in total. The summed E-state index contributed by atoms with van der Waals surface area (Å²) >= 11 is 0. The molecule has 2 rings (SSSR count). The minimum absolute atomic E-state index is 0.0132. The Morgan fingerprint density at radius 1 is 1.17 bits per heavy atom. The van der Waals surface area contributed by atoms with Crippen molar-refractivity contribution < 1.29 is 9.59 Å². The number of carbonyl (C=O) groups is 2. The molecule has 1 N–H and O–H groups in total. The van der Waals surface area contributed by atoms with Gasteiger partial charge in [0.05, 0.1) is 0 Å². The summed E-state index contributed by atoms with van der Waals surface area (Å²) in [5.74, 6) is 0.0682. The van der Waals surface area contributed by atoms with Crippen molar-refractivity contribution in [3.05, 3.63) is 35.9 Å². The van der Waals surface area contributed by atoms with E-state index in [0.717, 1.165) is 19.3 Å². The Balaban J connectivity index is 2.02. The summed E-state index contributed by atoms with van der Waals surface area (Å²) in [5.41, 5.74) is 1.19. The molecule has 2 amide bonds. The van der Waals surface area contributed by atoms with Crippen LogP contribution < -0.4 is 5.32 Å². The number of amides is 2. The van der Waals surface area contributed by atoms with E-state index < -0.39 is 0 Å². The molecule has 0 heterocycles. The molecule has 1 fully saturated rings. The number of hydrogen-bond acceptors (Lipinski definition) is 2. The van der Waals surface area contributed by atoms with Gasteiger partial charge in [-0.3, -0.25) is 9.59 Å². The highest BCUT2D eigenvalue weighted by Crippen LogP contribution is 2.18. The monoisotopic (exact) mass is 330 g/mol. The molecule has 0 spiro atoms. The Hall–Kier alpha value is -1.84. The van der Waals surface area contributed by atoms with Gasteiger partial charge in [-0.2, -0.15) is 0 Å². The molecule has 0 bridgehead atoms. The summed E-state index contributed by atoms with van der Waals surface area (Å²) in [6.45, 7) is 4.43. The van der Waals surface area contributed by atoms with E-state index >= 15 is 0 Å². The van der Waals surface area contributed by atoms with E-state index in [9.17, 15) is 9.59 Å². The maximum atomic E-state index is 12.7. The van der Waals surface area contributed by atoms with Crippen molar-refractivity contribution in [3.8, 4) is 0 Å². The first-order valence-electron chi connectivity index (χ1n) is 9.29. The van der Waals surface area contributed by atoms with Gasteiger partial charge in [-0.05, 0) is 31.2 Å². The number of nitrogens with one attached hydrogen (secondary N) is 1. The lowest BCUT2D eigenvalue weighted by Crippen LogP contribution is -2.51. The summed E-state index contributed by atoms with van der Waals surface area (Å²) in [7, 11) is 0. The van der Waals surface area contributed by atoms with Gasteiger partial charge in [-0.15, -0.1) is 0 Å². The van der Waals surface area contributed by atoms with Crippen molar-refractivity contribution >= 4 is 11.8 Å². The smallest absolute Gasteiger partial charge is 0.243 e. The molecule has 1 aliphatic rings. The summed E-state index contributed by atoms with van der Waals surface area (Å²) in [6.07, 6.45) is 6.36. The first-order chi connectivity index (χ1) is 11.7. The quantitative estimate of drug-likeness (QED) is 0.795. The molecule has 0 radical (unpaired) electrons.